The van der Waals surface area contributed by atoms with Crippen molar-refractivity contribution in [2.24, 2.45) is 5.73 Å². The molecule has 3 rings (SSSR count). The van der Waals surface area contributed by atoms with Crippen molar-refractivity contribution in [2.45, 2.75) is 25.4 Å². The zero-order valence-corrected chi connectivity index (χ0v) is 17.0. The van der Waals surface area contributed by atoms with Crippen molar-refractivity contribution in [3.8, 4) is 0 Å². The van der Waals surface area contributed by atoms with Gasteiger partial charge >= 0.3 is 0 Å². The summed E-state index contributed by atoms with van der Waals surface area (Å²) in [4.78, 5) is 30.7. The van der Waals surface area contributed by atoms with E-state index in [0.717, 1.165) is 24.2 Å². The van der Waals surface area contributed by atoms with E-state index in [1.807, 2.05) is 55.6 Å². The summed E-state index contributed by atoms with van der Waals surface area (Å²) in [6.45, 7) is 3.12. The number of benzene rings is 2. The first-order valence-electron chi connectivity index (χ1n) is 10.2. The third-order valence-electron chi connectivity index (χ3n) is 5.48. The molecule has 2 aromatic carbocycles. The quantitative estimate of drug-likeness (QED) is 0.744. The smallest absolute Gasteiger partial charge is 0.236 e. The molecule has 0 bridgehead atoms. The Morgan fingerprint density at radius 3 is 2.34 bits per heavy atom. The van der Waals surface area contributed by atoms with E-state index in [1.54, 1.807) is 4.90 Å². The number of rotatable bonds is 8. The lowest BCUT2D eigenvalue weighted by atomic mass is 10.1. The fraction of sp³-hybridized carbons (Fsp3) is 0.391. The molecule has 154 valence electrons. The highest BCUT2D eigenvalue weighted by Crippen LogP contribution is 2.16. The van der Waals surface area contributed by atoms with Gasteiger partial charge in [-0.3, -0.25) is 14.5 Å². The summed E-state index contributed by atoms with van der Waals surface area (Å²) in [7, 11) is 2.03. The van der Waals surface area contributed by atoms with Gasteiger partial charge in [0, 0.05) is 51.9 Å². The molecule has 6 nitrogen and oxygen atoms in total. The average molecular weight is 395 g/mol. The molecule has 29 heavy (non-hydrogen) atoms. The number of primary amides is 1. The lowest BCUT2D eigenvalue weighted by Gasteiger charge is -2.40. The first kappa shape index (κ1) is 20.9. The van der Waals surface area contributed by atoms with E-state index >= 15 is 0 Å². The average Bonchev–Trinajstić information content (AvgIpc) is 2.75. The number of nitrogens with zero attached hydrogens (tertiary/aromatic N) is 3. The van der Waals surface area contributed by atoms with Crippen LogP contribution >= 0.6 is 0 Å². The van der Waals surface area contributed by atoms with Crippen LogP contribution in [0.1, 0.15) is 18.4 Å². The molecule has 1 saturated heterocycles. The minimum atomic E-state index is -0.445. The zero-order chi connectivity index (χ0) is 20.6. The van der Waals surface area contributed by atoms with E-state index < -0.39 is 6.04 Å². The Labute approximate surface area is 172 Å². The van der Waals surface area contributed by atoms with Crippen molar-refractivity contribution in [2.75, 3.05) is 38.1 Å². The van der Waals surface area contributed by atoms with E-state index in [0.29, 0.717) is 32.6 Å². The number of nitrogens with two attached hydrogens (primary N) is 1. The van der Waals surface area contributed by atoms with Crippen LogP contribution in [0.25, 0.3) is 0 Å². The monoisotopic (exact) mass is 394 g/mol. The molecule has 1 aliphatic heterocycles. The number of carbonyl (C=O) groups is 2. The second-order valence-electron chi connectivity index (χ2n) is 7.57. The Morgan fingerprint density at radius 1 is 1.03 bits per heavy atom. The fourth-order valence-corrected chi connectivity index (χ4v) is 3.76. The van der Waals surface area contributed by atoms with Gasteiger partial charge in [-0.1, -0.05) is 48.5 Å². The van der Waals surface area contributed by atoms with Crippen molar-refractivity contribution in [3.05, 3.63) is 66.2 Å². The number of amides is 2. The lowest BCUT2D eigenvalue weighted by molar-refractivity contribution is -0.137. The van der Waals surface area contributed by atoms with Gasteiger partial charge in [-0.05, 0) is 24.1 Å². The van der Waals surface area contributed by atoms with Crippen molar-refractivity contribution < 1.29 is 9.59 Å². The molecular weight excluding hydrogens is 364 g/mol. The van der Waals surface area contributed by atoms with Gasteiger partial charge in [0.05, 0.1) is 0 Å². The molecule has 1 atom stereocenters. The van der Waals surface area contributed by atoms with E-state index in [9.17, 15) is 9.59 Å². The maximum Gasteiger partial charge on any atom is 0.236 e. The van der Waals surface area contributed by atoms with Crippen LogP contribution in [0.2, 0.25) is 0 Å². The van der Waals surface area contributed by atoms with E-state index in [4.69, 9.17) is 5.73 Å². The van der Waals surface area contributed by atoms with Crippen molar-refractivity contribution in [1.29, 1.82) is 0 Å². The third-order valence-corrected chi connectivity index (χ3v) is 5.48. The summed E-state index contributed by atoms with van der Waals surface area (Å²) in [6, 6.07) is 19.7. The van der Waals surface area contributed by atoms with Gasteiger partial charge in [0.25, 0.3) is 0 Å². The number of anilines is 1. The number of hydrogen-bond acceptors (Lipinski definition) is 4. The van der Waals surface area contributed by atoms with Crippen molar-refractivity contribution in [1.82, 2.24) is 9.80 Å². The summed E-state index contributed by atoms with van der Waals surface area (Å²) >= 11 is 0. The second kappa shape index (κ2) is 10.1. The molecule has 2 N–H and O–H groups in total. The van der Waals surface area contributed by atoms with Gasteiger partial charge in [0.2, 0.25) is 11.8 Å². The van der Waals surface area contributed by atoms with Gasteiger partial charge in [-0.25, -0.2) is 0 Å². The van der Waals surface area contributed by atoms with Crippen LogP contribution in [-0.4, -0.2) is 60.9 Å². The number of piperazine rings is 1. The molecule has 2 aromatic rings. The van der Waals surface area contributed by atoms with Gasteiger partial charge in [0.1, 0.15) is 6.04 Å². The van der Waals surface area contributed by atoms with Gasteiger partial charge in [-0.15, -0.1) is 0 Å². The minimum Gasteiger partial charge on any atom is -0.375 e. The topological polar surface area (TPSA) is 69.9 Å². The summed E-state index contributed by atoms with van der Waals surface area (Å²) < 4.78 is 0. The molecule has 0 radical (unpaired) electrons. The number of hydrogen-bond donors (Lipinski definition) is 1. The predicted molar refractivity (Wildman–Crippen MR) is 115 cm³/mol. The van der Waals surface area contributed by atoms with Crippen LogP contribution in [0.4, 0.5) is 5.69 Å². The highest BCUT2D eigenvalue weighted by molar-refractivity contribution is 5.82. The maximum absolute atomic E-state index is 12.7. The normalized spacial score (nSPS) is 17.1. The summed E-state index contributed by atoms with van der Waals surface area (Å²) in [5, 5.41) is 0. The Kier molecular flexibility index (Phi) is 7.25. The summed E-state index contributed by atoms with van der Waals surface area (Å²) in [5.41, 5.74) is 7.94. The Morgan fingerprint density at radius 2 is 1.69 bits per heavy atom. The summed E-state index contributed by atoms with van der Waals surface area (Å²) in [6.07, 6.45) is 1.25. The Bertz CT molecular complexity index is 797. The molecule has 0 aliphatic carbocycles. The SMILES string of the molecule is CN(CCCC(=O)N1CCN(Cc2ccccc2)[C@H](C(N)=O)C1)c1ccccc1. The lowest BCUT2D eigenvalue weighted by Crippen LogP contribution is -2.58. The predicted octanol–water partition coefficient (Wildman–Crippen LogP) is 2.10. The van der Waals surface area contributed by atoms with Crippen molar-refractivity contribution in [3.63, 3.8) is 0 Å². The highest BCUT2D eigenvalue weighted by Gasteiger charge is 2.32. The number of para-hydroxylation sites is 1. The van der Waals surface area contributed by atoms with E-state index in [2.05, 4.69) is 21.9 Å². The largest absolute Gasteiger partial charge is 0.375 e. The summed E-state index contributed by atoms with van der Waals surface area (Å²) in [5.74, 6) is -0.278. The Hall–Kier alpha value is -2.86. The molecule has 0 aromatic heterocycles. The fourth-order valence-electron chi connectivity index (χ4n) is 3.76. The molecule has 1 fully saturated rings. The van der Waals surface area contributed by atoms with E-state index in [-0.39, 0.29) is 11.8 Å². The highest BCUT2D eigenvalue weighted by atomic mass is 16.2. The molecule has 0 saturated carbocycles. The zero-order valence-electron chi connectivity index (χ0n) is 17.0. The molecule has 1 aliphatic rings. The van der Waals surface area contributed by atoms with Crippen LogP contribution < -0.4 is 10.6 Å². The van der Waals surface area contributed by atoms with Crippen LogP contribution in [0, 0.1) is 0 Å². The van der Waals surface area contributed by atoms with Crippen molar-refractivity contribution >= 4 is 17.5 Å². The molecule has 1 heterocycles. The van der Waals surface area contributed by atoms with Gasteiger partial charge in [-0.2, -0.15) is 0 Å². The first-order chi connectivity index (χ1) is 14.0. The molecular formula is C23H30N4O2. The minimum absolute atomic E-state index is 0.0945. The first-order valence-corrected chi connectivity index (χ1v) is 10.2. The van der Waals surface area contributed by atoms with Gasteiger partial charge in [0.15, 0.2) is 0 Å². The molecule has 0 spiro atoms. The molecule has 0 unspecified atom stereocenters. The van der Waals surface area contributed by atoms with Crippen LogP contribution in [0.3, 0.4) is 0 Å². The van der Waals surface area contributed by atoms with Crippen LogP contribution in [0.15, 0.2) is 60.7 Å². The Balaban J connectivity index is 1.49. The van der Waals surface area contributed by atoms with E-state index in [1.165, 1.54) is 0 Å². The molecule has 6 heteroatoms. The number of carbonyl (C=O) groups excluding carboxylic acids is 2. The third kappa shape index (κ3) is 5.81. The van der Waals surface area contributed by atoms with Crippen LogP contribution in [-0.2, 0) is 16.1 Å². The maximum atomic E-state index is 12.7. The van der Waals surface area contributed by atoms with Gasteiger partial charge < -0.3 is 15.5 Å². The van der Waals surface area contributed by atoms with Crippen LogP contribution in [0.5, 0.6) is 0 Å². The standard InChI is InChI=1S/C23H30N4O2/c1-25(20-11-6-3-7-12-20)14-8-13-22(28)27-16-15-26(21(18-27)23(24)29)17-19-9-4-2-5-10-19/h2-7,9-12,21H,8,13-18H2,1H3,(H2,24,29)/t21-/m0/s1. The molecule has 2 amide bonds. The second-order valence-corrected chi connectivity index (χ2v) is 7.57.